The lowest BCUT2D eigenvalue weighted by Gasteiger charge is -2.45. The van der Waals surface area contributed by atoms with Crippen molar-refractivity contribution in [3.05, 3.63) is 48.6 Å². The van der Waals surface area contributed by atoms with Crippen molar-refractivity contribution in [1.82, 2.24) is 0 Å². The Kier molecular flexibility index (Phi) is 16.6. The van der Waals surface area contributed by atoms with Crippen LogP contribution in [-0.4, -0.2) is 127 Å². The van der Waals surface area contributed by atoms with Gasteiger partial charge in [0.1, 0.15) is 23.9 Å². The van der Waals surface area contributed by atoms with Gasteiger partial charge >= 0.3 is 11.9 Å². The van der Waals surface area contributed by atoms with Crippen LogP contribution < -0.4 is 5.73 Å². The lowest BCUT2D eigenvalue weighted by Crippen LogP contribution is -2.61. The van der Waals surface area contributed by atoms with Crippen LogP contribution >= 0.6 is 0 Å². The number of esters is 1. The van der Waals surface area contributed by atoms with Crippen LogP contribution in [-0.2, 0) is 33.3 Å². The third kappa shape index (κ3) is 13.0. The minimum absolute atomic E-state index is 0.0234. The highest BCUT2D eigenvalue weighted by Gasteiger charge is 2.50. The van der Waals surface area contributed by atoms with Gasteiger partial charge in [-0.25, -0.2) is 0 Å². The smallest absolute Gasteiger partial charge is 0.311 e. The van der Waals surface area contributed by atoms with Crippen molar-refractivity contribution in [2.45, 2.75) is 145 Å². The summed E-state index contributed by atoms with van der Waals surface area (Å²) in [6, 6.07) is -1.10. The molecule has 2 bridgehead atoms. The first-order valence-corrected chi connectivity index (χ1v) is 17.5. The number of ether oxygens (including phenoxy) is 4. The molecule has 51 heavy (non-hydrogen) atoms. The van der Waals surface area contributed by atoms with Gasteiger partial charge in [0.2, 0.25) is 0 Å². The molecular weight excluding hydrogens is 670 g/mol. The normalized spacial score (nSPS) is 44.1. The summed E-state index contributed by atoms with van der Waals surface area (Å²) >= 11 is 0. The molecule has 0 aromatic rings. The third-order valence-corrected chi connectivity index (χ3v) is 9.41. The van der Waals surface area contributed by atoms with Crippen LogP contribution in [0.4, 0.5) is 0 Å². The third-order valence-electron chi connectivity index (χ3n) is 9.41. The number of hydrogen-bond donors (Lipinski definition) is 8. The standard InChI is InChI=1S/C36H55NO14/c1-20-12-9-7-5-4-6-8-10-15-25(50-35-32(43)30(37)31(42)22(3)49-35)17-28-29(33(44)45)27(41)19-36(47,51-28)18-24(39)14-11-13-23(38)16-26(40)21(2)34(46)48-20/h4-10,15,20-22,24-32,35,39-43,47H,11-14,16-19,37H2,1-3H3,(H,44,45)/b5-4+,8-6+,9-7+,15-10+/t20-,21+,22-,24+,25+,26+,27+,28?,29-,30+,31-,32+,35+,36-/m1/s1. The first kappa shape index (κ1) is 42.6. The molecule has 0 radical (unpaired) electrons. The highest BCUT2D eigenvalue weighted by molar-refractivity contribution is 5.80. The number of nitrogens with two attached hydrogens (primary N) is 1. The summed E-state index contributed by atoms with van der Waals surface area (Å²) < 4.78 is 23.0. The van der Waals surface area contributed by atoms with Crippen LogP contribution in [0.3, 0.4) is 0 Å². The van der Waals surface area contributed by atoms with Gasteiger partial charge in [-0.15, -0.1) is 0 Å². The van der Waals surface area contributed by atoms with Crippen LogP contribution in [0, 0.1) is 11.8 Å². The van der Waals surface area contributed by atoms with Crippen LogP contribution in [0.1, 0.15) is 72.1 Å². The molecule has 3 rings (SSSR count). The van der Waals surface area contributed by atoms with E-state index >= 15 is 0 Å². The Morgan fingerprint density at radius 1 is 0.941 bits per heavy atom. The van der Waals surface area contributed by atoms with Gasteiger partial charge in [0.15, 0.2) is 12.1 Å². The van der Waals surface area contributed by atoms with Crippen molar-refractivity contribution >= 4 is 17.7 Å². The average Bonchev–Trinajstić information content (AvgIpc) is 3.03. The Bertz CT molecular complexity index is 1270. The molecule has 2 fully saturated rings. The van der Waals surface area contributed by atoms with E-state index in [1.807, 2.05) is 0 Å². The molecule has 3 heterocycles. The van der Waals surface area contributed by atoms with E-state index in [-0.39, 0.29) is 37.9 Å². The number of allylic oxidation sites excluding steroid dienone is 6. The summed E-state index contributed by atoms with van der Waals surface area (Å²) in [7, 11) is 0. The second kappa shape index (κ2) is 19.9. The van der Waals surface area contributed by atoms with Crippen molar-refractivity contribution in [2.75, 3.05) is 0 Å². The highest BCUT2D eigenvalue weighted by atomic mass is 16.7. The fourth-order valence-corrected chi connectivity index (χ4v) is 6.34. The molecule has 0 aromatic carbocycles. The van der Waals surface area contributed by atoms with Gasteiger partial charge in [-0.05, 0) is 33.6 Å². The zero-order valence-electron chi connectivity index (χ0n) is 29.3. The number of carbonyl (C=O) groups is 3. The topological polar surface area (TPSA) is 256 Å². The second-order valence-electron chi connectivity index (χ2n) is 13.8. The molecule has 9 N–H and O–H groups in total. The summed E-state index contributed by atoms with van der Waals surface area (Å²) in [5.41, 5.74) is 5.98. The fraction of sp³-hybridized carbons (Fsp3) is 0.694. The van der Waals surface area contributed by atoms with Gasteiger partial charge in [0.25, 0.3) is 0 Å². The predicted molar refractivity (Wildman–Crippen MR) is 181 cm³/mol. The molecule has 3 aliphatic rings. The number of aliphatic carboxylic acids is 1. The van der Waals surface area contributed by atoms with Crippen LogP contribution in [0.2, 0.25) is 0 Å². The average molecular weight is 726 g/mol. The molecule has 0 aliphatic carbocycles. The van der Waals surface area contributed by atoms with E-state index in [1.54, 1.807) is 62.5 Å². The minimum atomic E-state index is -2.15. The summed E-state index contributed by atoms with van der Waals surface area (Å²) in [6.07, 6.45) is 0.978. The number of ketones is 1. The minimum Gasteiger partial charge on any atom is -0.481 e. The molecule has 3 aliphatic heterocycles. The lowest BCUT2D eigenvalue weighted by atomic mass is 9.83. The molecule has 2 saturated heterocycles. The number of cyclic esters (lactones) is 1. The fourth-order valence-electron chi connectivity index (χ4n) is 6.34. The zero-order chi connectivity index (χ0) is 37.9. The van der Waals surface area contributed by atoms with Crippen molar-refractivity contribution in [3.8, 4) is 0 Å². The van der Waals surface area contributed by atoms with E-state index < -0.39 is 110 Å². The predicted octanol–water partition coefficient (Wildman–Crippen LogP) is 0.533. The molecule has 0 aromatic heterocycles. The van der Waals surface area contributed by atoms with Gasteiger partial charge in [0, 0.05) is 38.5 Å². The number of carboxylic acid groups (broad SMARTS) is 1. The van der Waals surface area contributed by atoms with Crippen LogP contribution in [0.25, 0.3) is 0 Å². The van der Waals surface area contributed by atoms with Gasteiger partial charge in [-0.1, -0.05) is 48.6 Å². The van der Waals surface area contributed by atoms with Crippen LogP contribution in [0.5, 0.6) is 0 Å². The molecule has 15 nitrogen and oxygen atoms in total. The number of hydrogen-bond acceptors (Lipinski definition) is 14. The van der Waals surface area contributed by atoms with E-state index in [9.17, 15) is 50.1 Å². The Morgan fingerprint density at radius 2 is 1.61 bits per heavy atom. The number of aliphatic hydroxyl groups excluding tert-OH is 5. The van der Waals surface area contributed by atoms with E-state index in [0.717, 1.165) is 0 Å². The van der Waals surface area contributed by atoms with E-state index in [4.69, 9.17) is 24.7 Å². The lowest BCUT2D eigenvalue weighted by molar-refractivity contribution is -0.308. The number of rotatable bonds is 3. The number of carboxylic acids is 1. The largest absolute Gasteiger partial charge is 0.481 e. The van der Waals surface area contributed by atoms with Crippen LogP contribution in [0.15, 0.2) is 48.6 Å². The number of carbonyl (C=O) groups excluding carboxylic acids is 2. The van der Waals surface area contributed by atoms with E-state index in [2.05, 4.69) is 0 Å². The summed E-state index contributed by atoms with van der Waals surface area (Å²) in [6.45, 7) is 4.74. The number of fused-ring (bicyclic) bond motifs is 2. The van der Waals surface area contributed by atoms with Crippen molar-refractivity contribution in [2.24, 2.45) is 17.6 Å². The molecule has 0 amide bonds. The monoisotopic (exact) mass is 725 g/mol. The molecule has 1 unspecified atom stereocenters. The van der Waals surface area contributed by atoms with Crippen molar-refractivity contribution in [1.29, 1.82) is 0 Å². The number of Topliss-reactive ketones (excluding diaryl/α,β-unsaturated/α-hetero) is 1. The Balaban J connectivity index is 1.88. The van der Waals surface area contributed by atoms with Gasteiger partial charge in [-0.2, -0.15) is 0 Å². The molecule has 288 valence electrons. The molecule has 15 heteroatoms. The SMILES string of the molecule is C[C@@H]1C/C=C/C=C/C=C/C=C/[C@H](O[C@@H]2O[C@H](C)[C@@H](O)[C@H](N)[C@@H]2O)CC2O[C@](O)(C[C@@H](O)CCCC(=O)C[C@H](O)[C@H](C)C(=O)O1)C[C@H](O)[C@H]2C(=O)O. The first-order chi connectivity index (χ1) is 24.0. The molecule has 0 saturated carbocycles. The maximum absolute atomic E-state index is 12.6. The second-order valence-corrected chi connectivity index (χ2v) is 13.8. The van der Waals surface area contributed by atoms with E-state index in [0.29, 0.717) is 6.42 Å². The summed E-state index contributed by atoms with van der Waals surface area (Å²) in [5.74, 6) is -6.94. The maximum atomic E-state index is 12.6. The van der Waals surface area contributed by atoms with E-state index in [1.165, 1.54) is 6.92 Å². The summed E-state index contributed by atoms with van der Waals surface area (Å²) in [4.78, 5) is 37.4. The van der Waals surface area contributed by atoms with Crippen molar-refractivity contribution in [3.63, 3.8) is 0 Å². The van der Waals surface area contributed by atoms with Crippen molar-refractivity contribution < 1.29 is 69.1 Å². The molecule has 0 spiro atoms. The summed E-state index contributed by atoms with van der Waals surface area (Å²) in [5, 5.41) is 74.5. The van der Waals surface area contributed by atoms with Gasteiger partial charge in [-0.3, -0.25) is 14.4 Å². The Morgan fingerprint density at radius 3 is 2.29 bits per heavy atom. The highest BCUT2D eigenvalue weighted by Crippen LogP contribution is 2.38. The molecular formula is C36H55NO14. The molecule has 14 atom stereocenters. The van der Waals surface area contributed by atoms with Gasteiger partial charge in [0.05, 0.1) is 54.7 Å². The maximum Gasteiger partial charge on any atom is 0.311 e. The quantitative estimate of drug-likeness (QED) is 0.185. The van der Waals surface area contributed by atoms with Gasteiger partial charge < -0.3 is 60.4 Å². The first-order valence-electron chi connectivity index (χ1n) is 17.5. The Labute approximate surface area is 298 Å². The number of aliphatic hydroxyl groups is 6. The Hall–Kier alpha value is -2.83. The zero-order valence-corrected chi connectivity index (χ0v) is 29.3.